The number of guanidine groups is 1. The van der Waals surface area contributed by atoms with E-state index < -0.39 is 0 Å². The van der Waals surface area contributed by atoms with Gasteiger partial charge in [0.1, 0.15) is 5.75 Å². The van der Waals surface area contributed by atoms with Crippen LogP contribution in [0.15, 0.2) is 29.3 Å². The average Bonchev–Trinajstić information content (AvgIpc) is 3.21. The highest BCUT2D eigenvalue weighted by Gasteiger charge is 2.33. The summed E-state index contributed by atoms with van der Waals surface area (Å²) in [6.45, 7) is 4.15. The maximum absolute atomic E-state index is 5.67. The Bertz CT molecular complexity index is 482. The highest BCUT2D eigenvalue weighted by molar-refractivity contribution is 14.0. The van der Waals surface area contributed by atoms with Crippen molar-refractivity contribution >= 4 is 29.9 Å². The first-order valence-corrected chi connectivity index (χ1v) is 7.41. The molecule has 2 atom stereocenters. The monoisotopic (exact) mass is 419 g/mol. The third kappa shape index (κ3) is 6.00. The van der Waals surface area contributed by atoms with E-state index in [1.165, 1.54) is 6.42 Å². The van der Waals surface area contributed by atoms with Gasteiger partial charge in [-0.3, -0.25) is 4.99 Å². The van der Waals surface area contributed by atoms with Crippen molar-refractivity contribution < 1.29 is 9.47 Å². The molecule has 1 saturated carbocycles. The molecule has 0 aromatic heterocycles. The number of ether oxygens (including phenoxy) is 2. The molecule has 1 aromatic carbocycles. The van der Waals surface area contributed by atoms with E-state index in [-0.39, 0.29) is 24.0 Å². The molecule has 2 N–H and O–H groups in total. The number of nitrogens with zero attached hydrogens (tertiary/aromatic N) is 1. The Balaban J connectivity index is 0.00000242. The van der Waals surface area contributed by atoms with E-state index in [2.05, 4.69) is 22.5 Å². The molecule has 1 aromatic rings. The number of aliphatic imine (C=N–C) groups is 1. The van der Waals surface area contributed by atoms with Crippen molar-refractivity contribution in [2.75, 3.05) is 27.3 Å². The second kappa shape index (κ2) is 9.89. The van der Waals surface area contributed by atoms with E-state index in [1.54, 1.807) is 14.2 Å². The van der Waals surface area contributed by atoms with E-state index in [0.717, 1.165) is 29.7 Å². The summed E-state index contributed by atoms with van der Waals surface area (Å²) < 4.78 is 11.0. The lowest BCUT2D eigenvalue weighted by molar-refractivity contribution is 0.123. The predicted octanol–water partition coefficient (Wildman–Crippen LogP) is 2.40. The largest absolute Gasteiger partial charge is 0.496 e. The molecule has 5 nitrogen and oxygen atoms in total. The van der Waals surface area contributed by atoms with Crippen molar-refractivity contribution in [1.29, 1.82) is 0 Å². The van der Waals surface area contributed by atoms with E-state index in [1.807, 2.05) is 24.3 Å². The predicted molar refractivity (Wildman–Crippen MR) is 100 cm³/mol. The number of hydrogen-bond acceptors (Lipinski definition) is 3. The third-order valence-corrected chi connectivity index (χ3v) is 3.64. The van der Waals surface area contributed by atoms with Gasteiger partial charge in [0.2, 0.25) is 0 Å². The van der Waals surface area contributed by atoms with Crippen LogP contribution in [0.5, 0.6) is 5.75 Å². The van der Waals surface area contributed by atoms with Crippen molar-refractivity contribution in [3.8, 4) is 5.75 Å². The summed E-state index contributed by atoms with van der Waals surface area (Å²) in [6.07, 6.45) is 1.23. The molecule has 0 aliphatic heterocycles. The van der Waals surface area contributed by atoms with Crippen LogP contribution < -0.4 is 15.4 Å². The standard InChI is InChI=1S/C16H25N3O2.HI/c1-12-10-14(12)19-16(17-2)18-8-9-21-11-13-6-4-5-7-15(13)20-3;/h4-7,12,14H,8-11H2,1-3H3,(H2,17,18,19);1H. The number of nitrogens with one attached hydrogen (secondary N) is 2. The topological polar surface area (TPSA) is 54.9 Å². The van der Waals surface area contributed by atoms with Crippen LogP contribution in [0.4, 0.5) is 0 Å². The van der Waals surface area contributed by atoms with Gasteiger partial charge in [-0.05, 0) is 18.4 Å². The molecular formula is C16H26IN3O2. The molecule has 2 unspecified atom stereocenters. The lowest BCUT2D eigenvalue weighted by atomic mass is 10.2. The zero-order valence-corrected chi connectivity index (χ0v) is 15.8. The van der Waals surface area contributed by atoms with Crippen LogP contribution in [0.25, 0.3) is 0 Å². The fourth-order valence-electron chi connectivity index (χ4n) is 2.14. The summed E-state index contributed by atoms with van der Waals surface area (Å²) in [5.41, 5.74) is 1.06. The van der Waals surface area contributed by atoms with Crippen molar-refractivity contribution in [1.82, 2.24) is 10.6 Å². The molecule has 0 radical (unpaired) electrons. The minimum Gasteiger partial charge on any atom is -0.496 e. The van der Waals surface area contributed by atoms with Gasteiger partial charge in [0.15, 0.2) is 5.96 Å². The van der Waals surface area contributed by atoms with Crippen molar-refractivity contribution in [2.45, 2.75) is 26.0 Å². The lowest BCUT2D eigenvalue weighted by Crippen LogP contribution is -2.40. The Labute approximate surface area is 149 Å². The Kier molecular flexibility index (Phi) is 8.55. The van der Waals surface area contributed by atoms with Crippen molar-refractivity contribution in [3.63, 3.8) is 0 Å². The molecule has 1 aliphatic rings. The number of halogens is 1. The summed E-state index contributed by atoms with van der Waals surface area (Å²) in [7, 11) is 3.47. The van der Waals surface area contributed by atoms with Gasteiger partial charge in [-0.1, -0.05) is 25.1 Å². The minimum atomic E-state index is 0. The van der Waals surface area contributed by atoms with Crippen LogP contribution in [0.2, 0.25) is 0 Å². The maximum atomic E-state index is 5.67. The molecule has 0 saturated heterocycles. The summed E-state index contributed by atoms with van der Waals surface area (Å²) in [4.78, 5) is 4.20. The van der Waals surface area contributed by atoms with E-state index in [4.69, 9.17) is 9.47 Å². The Morgan fingerprint density at radius 2 is 2.09 bits per heavy atom. The van der Waals surface area contributed by atoms with Crippen LogP contribution in [-0.2, 0) is 11.3 Å². The van der Waals surface area contributed by atoms with Gasteiger partial charge >= 0.3 is 0 Å². The molecule has 2 rings (SSSR count). The van der Waals surface area contributed by atoms with Crippen LogP contribution in [-0.4, -0.2) is 39.3 Å². The quantitative estimate of drug-likeness (QED) is 0.309. The summed E-state index contributed by atoms with van der Waals surface area (Å²) >= 11 is 0. The SMILES string of the molecule is CN=C(NCCOCc1ccccc1OC)NC1CC1C.I. The molecule has 1 aliphatic carbocycles. The first-order valence-electron chi connectivity index (χ1n) is 7.41. The molecule has 6 heteroatoms. The Morgan fingerprint density at radius 1 is 1.36 bits per heavy atom. The van der Waals surface area contributed by atoms with Crippen LogP contribution in [0.3, 0.4) is 0 Å². The molecule has 0 bridgehead atoms. The van der Waals surface area contributed by atoms with Gasteiger partial charge in [0, 0.05) is 25.2 Å². The molecule has 22 heavy (non-hydrogen) atoms. The fourth-order valence-corrected chi connectivity index (χ4v) is 2.14. The van der Waals surface area contributed by atoms with Gasteiger partial charge in [0.05, 0.1) is 20.3 Å². The average molecular weight is 419 g/mol. The van der Waals surface area contributed by atoms with Gasteiger partial charge in [-0.15, -0.1) is 24.0 Å². The van der Waals surface area contributed by atoms with E-state index in [9.17, 15) is 0 Å². The lowest BCUT2D eigenvalue weighted by Gasteiger charge is -2.12. The van der Waals surface area contributed by atoms with Gasteiger partial charge in [-0.25, -0.2) is 0 Å². The van der Waals surface area contributed by atoms with Gasteiger partial charge < -0.3 is 20.1 Å². The molecule has 0 amide bonds. The first kappa shape index (κ1) is 19.0. The fraction of sp³-hybridized carbons (Fsp3) is 0.562. The minimum absolute atomic E-state index is 0. The summed E-state index contributed by atoms with van der Waals surface area (Å²) in [6, 6.07) is 8.48. The van der Waals surface area contributed by atoms with Crippen LogP contribution >= 0.6 is 24.0 Å². The Hall–Kier alpha value is -1.02. The van der Waals surface area contributed by atoms with Crippen LogP contribution in [0, 0.1) is 5.92 Å². The summed E-state index contributed by atoms with van der Waals surface area (Å²) in [5.74, 6) is 2.47. The third-order valence-electron chi connectivity index (χ3n) is 3.64. The first-order chi connectivity index (χ1) is 10.2. The maximum Gasteiger partial charge on any atom is 0.191 e. The highest BCUT2D eigenvalue weighted by Crippen LogP contribution is 2.28. The van der Waals surface area contributed by atoms with Crippen LogP contribution in [0.1, 0.15) is 18.9 Å². The zero-order valence-electron chi connectivity index (χ0n) is 13.5. The molecule has 0 heterocycles. The zero-order chi connectivity index (χ0) is 15.1. The normalized spacial score (nSPS) is 20.0. The number of benzene rings is 1. The van der Waals surface area contributed by atoms with Gasteiger partial charge in [0.25, 0.3) is 0 Å². The summed E-state index contributed by atoms with van der Waals surface area (Å²) in [5, 5.41) is 6.64. The second-order valence-corrected chi connectivity index (χ2v) is 5.33. The number of para-hydroxylation sites is 1. The molecule has 1 fully saturated rings. The second-order valence-electron chi connectivity index (χ2n) is 5.33. The smallest absolute Gasteiger partial charge is 0.191 e. The number of hydrogen-bond donors (Lipinski definition) is 2. The van der Waals surface area contributed by atoms with Crippen molar-refractivity contribution in [3.05, 3.63) is 29.8 Å². The van der Waals surface area contributed by atoms with Gasteiger partial charge in [-0.2, -0.15) is 0 Å². The Morgan fingerprint density at radius 3 is 2.73 bits per heavy atom. The van der Waals surface area contributed by atoms with E-state index >= 15 is 0 Å². The highest BCUT2D eigenvalue weighted by atomic mass is 127. The van der Waals surface area contributed by atoms with Crippen molar-refractivity contribution in [2.24, 2.45) is 10.9 Å². The molecule has 124 valence electrons. The number of rotatable bonds is 7. The molecule has 0 spiro atoms. The molecular weight excluding hydrogens is 393 g/mol. The van der Waals surface area contributed by atoms with E-state index in [0.29, 0.717) is 19.3 Å². The number of methoxy groups -OCH3 is 1.